The van der Waals surface area contributed by atoms with E-state index < -0.39 is 6.10 Å². The van der Waals surface area contributed by atoms with Crippen LogP contribution in [-0.4, -0.2) is 37.2 Å². The topological polar surface area (TPSA) is 78.9 Å². The molecular weight excluding hydrogens is 805 g/mol. The highest BCUT2D eigenvalue weighted by atomic mass is 16.6. The fourth-order valence-electron chi connectivity index (χ4n) is 9.05. The van der Waals surface area contributed by atoms with Crippen molar-refractivity contribution in [2.45, 2.75) is 336 Å². The Labute approximate surface area is 406 Å². The molecule has 0 aromatic carbocycles. The summed E-state index contributed by atoms with van der Waals surface area (Å²) in [5, 5.41) is 0. The Kier molecular flexibility index (Phi) is 50.5. The summed E-state index contributed by atoms with van der Waals surface area (Å²) in [6.45, 7) is 11.4. The maximum atomic E-state index is 12.8. The van der Waals surface area contributed by atoms with Crippen molar-refractivity contribution in [3.63, 3.8) is 0 Å². The molecule has 6 nitrogen and oxygen atoms in total. The Morgan fingerprint density at radius 3 is 0.754 bits per heavy atom. The smallest absolute Gasteiger partial charge is 0.306 e. The first kappa shape index (κ1) is 63.4. The van der Waals surface area contributed by atoms with Crippen molar-refractivity contribution in [3.05, 3.63) is 0 Å². The van der Waals surface area contributed by atoms with Gasteiger partial charge in [0.05, 0.1) is 0 Å². The molecular formula is C59H114O6. The second-order valence-corrected chi connectivity index (χ2v) is 21.2. The Morgan fingerprint density at radius 2 is 0.508 bits per heavy atom. The van der Waals surface area contributed by atoms with E-state index in [9.17, 15) is 14.4 Å². The van der Waals surface area contributed by atoms with Gasteiger partial charge in [-0.2, -0.15) is 0 Å². The number of unbranched alkanes of at least 4 members (excludes halogenated alkanes) is 38. The van der Waals surface area contributed by atoms with Gasteiger partial charge in [-0.15, -0.1) is 0 Å². The number of carbonyl (C=O) groups is 3. The molecule has 0 rings (SSSR count). The second kappa shape index (κ2) is 51.8. The number of rotatable bonds is 53. The van der Waals surface area contributed by atoms with E-state index in [2.05, 4.69) is 34.6 Å². The summed E-state index contributed by atoms with van der Waals surface area (Å²) in [7, 11) is 0. The lowest BCUT2D eigenvalue weighted by atomic mass is 10.0. The molecule has 0 spiro atoms. The van der Waals surface area contributed by atoms with Gasteiger partial charge in [-0.1, -0.05) is 291 Å². The van der Waals surface area contributed by atoms with Crippen LogP contribution in [0.5, 0.6) is 0 Å². The summed E-state index contributed by atoms with van der Waals surface area (Å²) >= 11 is 0. The van der Waals surface area contributed by atoms with Crippen molar-refractivity contribution in [1.82, 2.24) is 0 Å². The van der Waals surface area contributed by atoms with Crippen molar-refractivity contribution < 1.29 is 28.6 Å². The molecule has 0 aliphatic rings. The predicted octanol–water partition coefficient (Wildman–Crippen LogP) is 19.3. The average Bonchev–Trinajstić information content (AvgIpc) is 3.28. The molecule has 0 saturated heterocycles. The molecule has 0 aliphatic heterocycles. The molecule has 65 heavy (non-hydrogen) atoms. The standard InChI is InChI=1S/C59H114O6/c1-6-7-8-9-10-11-12-13-15-20-25-31-36-41-46-51-59(62)65-56(53-64-58(61)50-45-40-35-30-26-21-23-28-33-38-43-48-55(4)5)52-63-57(60)49-44-39-34-29-24-19-17-14-16-18-22-27-32-37-42-47-54(2)3/h54-56H,6-53H2,1-5H3/t56-/m1/s1. The Bertz CT molecular complexity index is 993. The lowest BCUT2D eigenvalue weighted by Gasteiger charge is -2.18. The number of hydrogen-bond acceptors (Lipinski definition) is 6. The van der Waals surface area contributed by atoms with Gasteiger partial charge in [-0.05, 0) is 31.1 Å². The molecule has 0 aliphatic carbocycles. The first-order chi connectivity index (χ1) is 31.7. The number of carbonyl (C=O) groups excluding carboxylic acids is 3. The second-order valence-electron chi connectivity index (χ2n) is 21.2. The van der Waals surface area contributed by atoms with E-state index in [0.717, 1.165) is 69.6 Å². The first-order valence-electron chi connectivity index (χ1n) is 29.2. The van der Waals surface area contributed by atoms with Crippen LogP contribution in [0.1, 0.15) is 330 Å². The van der Waals surface area contributed by atoms with Gasteiger partial charge in [0.15, 0.2) is 6.10 Å². The number of esters is 3. The fraction of sp³-hybridized carbons (Fsp3) is 0.949. The zero-order chi connectivity index (χ0) is 47.5. The van der Waals surface area contributed by atoms with Gasteiger partial charge >= 0.3 is 17.9 Å². The molecule has 386 valence electrons. The minimum atomic E-state index is -0.762. The molecule has 0 aromatic rings. The maximum absolute atomic E-state index is 12.8. The van der Waals surface area contributed by atoms with Gasteiger partial charge < -0.3 is 14.2 Å². The Balaban J connectivity index is 4.29. The summed E-state index contributed by atoms with van der Waals surface area (Å²) in [6, 6.07) is 0. The van der Waals surface area contributed by atoms with Gasteiger partial charge in [-0.3, -0.25) is 14.4 Å². The molecule has 0 radical (unpaired) electrons. The molecule has 0 N–H and O–H groups in total. The molecule has 0 amide bonds. The van der Waals surface area contributed by atoms with Gasteiger partial charge in [0.25, 0.3) is 0 Å². The summed E-state index contributed by atoms with van der Waals surface area (Å²) < 4.78 is 16.9. The van der Waals surface area contributed by atoms with Gasteiger partial charge in [-0.25, -0.2) is 0 Å². The summed E-state index contributed by atoms with van der Waals surface area (Å²) in [6.07, 6.45) is 55.2. The largest absolute Gasteiger partial charge is 0.462 e. The third-order valence-electron chi connectivity index (χ3n) is 13.5. The number of ether oxygens (including phenoxy) is 3. The Morgan fingerprint density at radius 1 is 0.292 bits per heavy atom. The minimum Gasteiger partial charge on any atom is -0.462 e. The van der Waals surface area contributed by atoms with Gasteiger partial charge in [0, 0.05) is 19.3 Å². The van der Waals surface area contributed by atoms with Crippen LogP contribution in [0, 0.1) is 11.8 Å². The van der Waals surface area contributed by atoms with Crippen LogP contribution in [0.2, 0.25) is 0 Å². The van der Waals surface area contributed by atoms with E-state index in [1.165, 1.54) is 218 Å². The zero-order valence-electron chi connectivity index (χ0n) is 44.6. The van der Waals surface area contributed by atoms with Crippen molar-refractivity contribution in [2.24, 2.45) is 11.8 Å². The molecule has 0 unspecified atom stereocenters. The van der Waals surface area contributed by atoms with Crippen LogP contribution >= 0.6 is 0 Å². The van der Waals surface area contributed by atoms with Crippen LogP contribution in [0.25, 0.3) is 0 Å². The molecule has 0 bridgehead atoms. The van der Waals surface area contributed by atoms with Crippen LogP contribution in [0.4, 0.5) is 0 Å². The molecule has 0 heterocycles. The first-order valence-corrected chi connectivity index (χ1v) is 29.2. The number of hydrogen-bond donors (Lipinski definition) is 0. The fourth-order valence-corrected chi connectivity index (χ4v) is 9.05. The molecule has 0 aromatic heterocycles. The molecule has 0 fully saturated rings. The minimum absolute atomic E-state index is 0.0625. The highest BCUT2D eigenvalue weighted by Crippen LogP contribution is 2.18. The van der Waals surface area contributed by atoms with Crippen molar-refractivity contribution in [2.75, 3.05) is 13.2 Å². The quantitative estimate of drug-likeness (QED) is 0.0344. The van der Waals surface area contributed by atoms with Crippen molar-refractivity contribution in [1.29, 1.82) is 0 Å². The van der Waals surface area contributed by atoms with E-state index >= 15 is 0 Å². The van der Waals surface area contributed by atoms with Crippen LogP contribution < -0.4 is 0 Å². The molecule has 1 atom stereocenters. The Hall–Kier alpha value is -1.59. The highest BCUT2D eigenvalue weighted by Gasteiger charge is 2.19. The average molecular weight is 920 g/mol. The van der Waals surface area contributed by atoms with Crippen molar-refractivity contribution in [3.8, 4) is 0 Å². The zero-order valence-corrected chi connectivity index (χ0v) is 44.6. The van der Waals surface area contributed by atoms with E-state index in [1.54, 1.807) is 0 Å². The highest BCUT2D eigenvalue weighted by molar-refractivity contribution is 5.71. The third kappa shape index (κ3) is 53.2. The lowest BCUT2D eigenvalue weighted by Crippen LogP contribution is -2.30. The van der Waals surface area contributed by atoms with Gasteiger partial charge in [0.1, 0.15) is 13.2 Å². The summed E-state index contributed by atoms with van der Waals surface area (Å²) in [4.78, 5) is 38.1. The SMILES string of the molecule is CCCCCCCCCCCCCCCCCC(=O)O[C@H](COC(=O)CCCCCCCCCCCCCCCCCC(C)C)COC(=O)CCCCCCCCCCCCCC(C)C. The lowest BCUT2D eigenvalue weighted by molar-refractivity contribution is -0.167. The monoisotopic (exact) mass is 919 g/mol. The van der Waals surface area contributed by atoms with Crippen molar-refractivity contribution >= 4 is 17.9 Å². The summed E-state index contributed by atoms with van der Waals surface area (Å²) in [5.74, 6) is 0.838. The van der Waals surface area contributed by atoms with E-state index in [1.807, 2.05) is 0 Å². The van der Waals surface area contributed by atoms with Gasteiger partial charge in [0.2, 0.25) is 0 Å². The van der Waals surface area contributed by atoms with E-state index in [-0.39, 0.29) is 31.1 Å². The van der Waals surface area contributed by atoms with Crippen LogP contribution in [-0.2, 0) is 28.6 Å². The van der Waals surface area contributed by atoms with Crippen LogP contribution in [0.15, 0.2) is 0 Å². The molecule has 6 heteroatoms. The normalized spacial score (nSPS) is 12.0. The molecule has 0 saturated carbocycles. The van der Waals surface area contributed by atoms with E-state index in [4.69, 9.17) is 14.2 Å². The summed E-state index contributed by atoms with van der Waals surface area (Å²) in [5.41, 5.74) is 0. The van der Waals surface area contributed by atoms with Crippen LogP contribution in [0.3, 0.4) is 0 Å². The van der Waals surface area contributed by atoms with E-state index in [0.29, 0.717) is 19.3 Å². The predicted molar refractivity (Wildman–Crippen MR) is 280 cm³/mol. The third-order valence-corrected chi connectivity index (χ3v) is 13.5. The maximum Gasteiger partial charge on any atom is 0.306 e.